The summed E-state index contributed by atoms with van der Waals surface area (Å²) in [5, 5.41) is 1.04. The Hall–Kier alpha value is -3.45. The highest BCUT2D eigenvalue weighted by Gasteiger charge is 2.34. The van der Waals surface area contributed by atoms with Crippen LogP contribution >= 0.6 is 0 Å². The van der Waals surface area contributed by atoms with E-state index in [1.165, 1.54) is 4.90 Å². The zero-order chi connectivity index (χ0) is 21.4. The molecule has 3 amide bonds. The third kappa shape index (κ3) is 3.61. The molecule has 158 valence electrons. The van der Waals surface area contributed by atoms with Gasteiger partial charge in [-0.15, -0.1) is 0 Å². The molecule has 2 aromatic carbocycles. The van der Waals surface area contributed by atoms with Crippen molar-refractivity contribution in [2.45, 2.75) is 6.42 Å². The molecule has 1 aromatic heterocycles. The van der Waals surface area contributed by atoms with Gasteiger partial charge in [0, 0.05) is 43.6 Å². The van der Waals surface area contributed by atoms with Crippen LogP contribution in [-0.4, -0.2) is 76.7 Å². The number of rotatable bonds is 5. The Labute approximate surface area is 180 Å². The van der Waals surface area contributed by atoms with Crippen molar-refractivity contribution in [3.8, 4) is 0 Å². The van der Waals surface area contributed by atoms with E-state index in [-0.39, 0.29) is 17.7 Å². The second kappa shape index (κ2) is 8.00. The molecule has 0 aliphatic carbocycles. The van der Waals surface area contributed by atoms with Crippen LogP contribution in [0.15, 0.2) is 54.6 Å². The van der Waals surface area contributed by atoms with Crippen LogP contribution in [0.25, 0.3) is 10.9 Å². The van der Waals surface area contributed by atoms with Crippen molar-refractivity contribution < 1.29 is 14.4 Å². The lowest BCUT2D eigenvalue weighted by Gasteiger charge is -2.34. The molecule has 3 heterocycles. The Kier molecular flexibility index (Phi) is 5.03. The monoisotopic (exact) mass is 416 g/mol. The van der Waals surface area contributed by atoms with Crippen LogP contribution in [0.4, 0.5) is 0 Å². The molecule has 0 bridgehead atoms. The van der Waals surface area contributed by atoms with E-state index < -0.39 is 0 Å². The number of piperazine rings is 1. The Morgan fingerprint density at radius 2 is 1.48 bits per heavy atom. The van der Waals surface area contributed by atoms with E-state index in [1.54, 1.807) is 24.3 Å². The number of H-pyrrole nitrogens is 1. The molecule has 0 saturated carbocycles. The Bertz CT molecular complexity index is 1090. The molecule has 1 N–H and O–H groups in total. The molecule has 0 spiro atoms. The van der Waals surface area contributed by atoms with Crippen LogP contribution in [0.2, 0.25) is 0 Å². The number of benzene rings is 2. The van der Waals surface area contributed by atoms with E-state index >= 15 is 0 Å². The molecule has 0 unspecified atom stereocenters. The Morgan fingerprint density at radius 3 is 2.16 bits per heavy atom. The van der Waals surface area contributed by atoms with E-state index in [9.17, 15) is 14.4 Å². The van der Waals surface area contributed by atoms with E-state index in [0.717, 1.165) is 37.0 Å². The second-order valence-electron chi connectivity index (χ2n) is 8.07. The highest BCUT2D eigenvalue weighted by Crippen LogP contribution is 2.22. The van der Waals surface area contributed by atoms with E-state index in [4.69, 9.17) is 0 Å². The summed E-state index contributed by atoms with van der Waals surface area (Å²) >= 11 is 0. The summed E-state index contributed by atoms with van der Waals surface area (Å²) in [6, 6.07) is 16.8. The number of para-hydroxylation sites is 1. The molecule has 0 atom stereocenters. The molecule has 7 heteroatoms. The maximum Gasteiger partial charge on any atom is 0.270 e. The molecule has 1 fully saturated rings. The van der Waals surface area contributed by atoms with E-state index in [2.05, 4.69) is 9.88 Å². The highest BCUT2D eigenvalue weighted by atomic mass is 16.2. The summed E-state index contributed by atoms with van der Waals surface area (Å²) in [5.41, 5.74) is 2.59. The number of hydrogen-bond donors (Lipinski definition) is 1. The first-order valence-electron chi connectivity index (χ1n) is 10.7. The van der Waals surface area contributed by atoms with Gasteiger partial charge in [0.25, 0.3) is 17.7 Å². The minimum absolute atomic E-state index is 0.0295. The number of amides is 3. The van der Waals surface area contributed by atoms with Crippen LogP contribution in [0.5, 0.6) is 0 Å². The van der Waals surface area contributed by atoms with Gasteiger partial charge in [-0.05, 0) is 37.2 Å². The van der Waals surface area contributed by atoms with Crippen LogP contribution in [0.3, 0.4) is 0 Å². The fraction of sp³-hybridized carbons (Fsp3) is 0.292. The number of nitrogens with one attached hydrogen (secondary N) is 1. The van der Waals surface area contributed by atoms with Crippen molar-refractivity contribution in [2.24, 2.45) is 0 Å². The predicted molar refractivity (Wildman–Crippen MR) is 117 cm³/mol. The first kappa shape index (κ1) is 19.5. The summed E-state index contributed by atoms with van der Waals surface area (Å²) in [6.45, 7) is 4.12. The van der Waals surface area contributed by atoms with Gasteiger partial charge in [-0.1, -0.05) is 30.3 Å². The maximum atomic E-state index is 12.8. The van der Waals surface area contributed by atoms with Crippen molar-refractivity contribution in [1.82, 2.24) is 19.7 Å². The number of fused-ring (bicyclic) bond motifs is 2. The molecule has 5 rings (SSSR count). The van der Waals surface area contributed by atoms with Crippen molar-refractivity contribution in [1.29, 1.82) is 0 Å². The van der Waals surface area contributed by atoms with Crippen LogP contribution in [0, 0.1) is 0 Å². The fourth-order valence-corrected chi connectivity index (χ4v) is 4.43. The molecule has 7 nitrogen and oxygen atoms in total. The number of carbonyl (C=O) groups is 3. The largest absolute Gasteiger partial charge is 0.351 e. The van der Waals surface area contributed by atoms with Gasteiger partial charge in [0.2, 0.25) is 0 Å². The normalized spacial score (nSPS) is 16.9. The second-order valence-corrected chi connectivity index (χ2v) is 8.07. The number of hydrogen-bond acceptors (Lipinski definition) is 4. The van der Waals surface area contributed by atoms with Crippen molar-refractivity contribution in [3.63, 3.8) is 0 Å². The number of imide groups is 1. The average Bonchev–Trinajstić information content (AvgIpc) is 3.34. The predicted octanol–water partition coefficient (Wildman–Crippen LogP) is 2.61. The smallest absolute Gasteiger partial charge is 0.270 e. The highest BCUT2D eigenvalue weighted by molar-refractivity contribution is 6.21. The lowest BCUT2D eigenvalue weighted by molar-refractivity contribution is 0.0593. The number of aromatic amines is 1. The maximum absolute atomic E-state index is 12.8. The molecular weight excluding hydrogens is 392 g/mol. The van der Waals surface area contributed by atoms with E-state index in [0.29, 0.717) is 36.5 Å². The first-order valence-corrected chi connectivity index (χ1v) is 10.7. The average molecular weight is 416 g/mol. The molecule has 1 saturated heterocycles. The number of nitrogens with zero attached hydrogens (tertiary/aromatic N) is 3. The summed E-state index contributed by atoms with van der Waals surface area (Å²) < 4.78 is 0. The van der Waals surface area contributed by atoms with Gasteiger partial charge in [-0.2, -0.15) is 0 Å². The third-order valence-corrected chi connectivity index (χ3v) is 6.15. The Morgan fingerprint density at radius 1 is 0.839 bits per heavy atom. The topological polar surface area (TPSA) is 76.7 Å². The lowest BCUT2D eigenvalue weighted by atomic mass is 10.1. The van der Waals surface area contributed by atoms with Gasteiger partial charge < -0.3 is 9.88 Å². The number of carbonyl (C=O) groups excluding carboxylic acids is 3. The standard InChI is InChI=1S/C24H24N4O3/c29-22-18-7-2-3-8-19(18)23(30)28(22)11-5-10-26-12-14-27(15-13-26)24(31)21-16-17-6-1-4-9-20(17)25-21/h1-4,6-9,16,25H,5,10-15H2. The molecule has 2 aliphatic heterocycles. The van der Waals surface area contributed by atoms with Gasteiger partial charge in [-0.25, -0.2) is 0 Å². The zero-order valence-corrected chi connectivity index (χ0v) is 17.2. The Balaban J connectivity index is 1.11. The van der Waals surface area contributed by atoms with Crippen molar-refractivity contribution in [3.05, 3.63) is 71.4 Å². The molecule has 0 radical (unpaired) electrons. The molecule has 31 heavy (non-hydrogen) atoms. The molecule has 2 aliphatic rings. The first-order chi connectivity index (χ1) is 15.1. The van der Waals surface area contributed by atoms with Crippen LogP contribution < -0.4 is 0 Å². The van der Waals surface area contributed by atoms with Crippen molar-refractivity contribution >= 4 is 28.6 Å². The van der Waals surface area contributed by atoms with Gasteiger partial charge in [0.15, 0.2) is 0 Å². The summed E-state index contributed by atoms with van der Waals surface area (Å²) in [4.78, 5) is 46.5. The molecular formula is C24H24N4O3. The minimum Gasteiger partial charge on any atom is -0.351 e. The van der Waals surface area contributed by atoms with Crippen molar-refractivity contribution in [2.75, 3.05) is 39.3 Å². The number of aromatic nitrogens is 1. The summed E-state index contributed by atoms with van der Waals surface area (Å²) in [5.74, 6) is -0.370. The molecule has 3 aromatic rings. The fourth-order valence-electron chi connectivity index (χ4n) is 4.43. The van der Waals surface area contributed by atoms with E-state index in [1.807, 2.05) is 35.2 Å². The zero-order valence-electron chi connectivity index (χ0n) is 17.2. The van der Waals surface area contributed by atoms with Crippen LogP contribution in [0.1, 0.15) is 37.6 Å². The van der Waals surface area contributed by atoms with Crippen LogP contribution in [-0.2, 0) is 0 Å². The van der Waals surface area contributed by atoms with Gasteiger partial charge in [0.1, 0.15) is 5.69 Å². The van der Waals surface area contributed by atoms with Gasteiger partial charge >= 0.3 is 0 Å². The van der Waals surface area contributed by atoms with Gasteiger partial charge in [0.05, 0.1) is 11.1 Å². The summed E-state index contributed by atoms with van der Waals surface area (Å²) in [6.07, 6.45) is 0.724. The third-order valence-electron chi connectivity index (χ3n) is 6.15. The van der Waals surface area contributed by atoms with Gasteiger partial charge in [-0.3, -0.25) is 24.2 Å². The lowest BCUT2D eigenvalue weighted by Crippen LogP contribution is -2.49. The quantitative estimate of drug-likeness (QED) is 0.649. The SMILES string of the molecule is O=C(c1cc2ccccc2[nH]1)N1CCN(CCCN2C(=O)c3ccccc3C2=O)CC1. The minimum atomic E-state index is -0.200. The summed E-state index contributed by atoms with van der Waals surface area (Å²) in [7, 11) is 0.